The lowest BCUT2D eigenvalue weighted by molar-refractivity contribution is -0.156. The van der Waals surface area contributed by atoms with Crippen molar-refractivity contribution >= 4 is 5.97 Å². The minimum Gasteiger partial charge on any atom is -0.466 e. The Balaban J connectivity index is 2.82. The predicted octanol–water partition coefficient (Wildman–Crippen LogP) is 2.69. The predicted molar refractivity (Wildman–Crippen MR) is 60.1 cm³/mol. The summed E-state index contributed by atoms with van der Waals surface area (Å²) in [6.45, 7) is 6.19. The molecule has 0 aromatic rings. The molecule has 1 fully saturated rings. The number of terminal acetylenes is 1. The van der Waals surface area contributed by atoms with Gasteiger partial charge in [-0.25, -0.2) is 0 Å². The van der Waals surface area contributed by atoms with E-state index in [4.69, 9.17) is 11.2 Å². The van der Waals surface area contributed by atoms with Gasteiger partial charge in [-0.1, -0.05) is 12.2 Å². The maximum atomic E-state index is 11.9. The van der Waals surface area contributed by atoms with Crippen LogP contribution in [0.3, 0.4) is 0 Å². The molecule has 0 heterocycles. The number of hydrogen-bond donors (Lipinski definition) is 0. The summed E-state index contributed by atoms with van der Waals surface area (Å²) in [4.78, 5) is 11.9. The normalized spacial score (nSPS) is 25.7. The first-order chi connectivity index (χ1) is 7.14. The molecule has 2 nitrogen and oxygen atoms in total. The van der Waals surface area contributed by atoms with Crippen LogP contribution in [0.5, 0.6) is 0 Å². The molecule has 2 heteroatoms. The van der Waals surface area contributed by atoms with Crippen LogP contribution in [0.25, 0.3) is 0 Å². The Kier molecular flexibility index (Phi) is 3.96. The number of carbonyl (C=O) groups excluding carboxylic acids is 1. The summed E-state index contributed by atoms with van der Waals surface area (Å²) in [5, 5.41) is 0. The molecule has 1 aliphatic carbocycles. The van der Waals surface area contributed by atoms with Crippen molar-refractivity contribution in [3.63, 3.8) is 0 Å². The van der Waals surface area contributed by atoms with Gasteiger partial charge in [-0.2, -0.15) is 0 Å². The van der Waals surface area contributed by atoms with Crippen LogP contribution in [0.15, 0.2) is 12.2 Å². The fraction of sp³-hybridized carbons (Fsp3) is 0.615. The second-order valence-corrected chi connectivity index (χ2v) is 4.16. The maximum absolute atomic E-state index is 11.9. The molecule has 0 radical (unpaired) electrons. The van der Waals surface area contributed by atoms with E-state index in [2.05, 4.69) is 12.5 Å². The van der Waals surface area contributed by atoms with Crippen molar-refractivity contribution in [1.82, 2.24) is 0 Å². The highest BCUT2D eigenvalue weighted by molar-refractivity contribution is 5.78. The van der Waals surface area contributed by atoms with Gasteiger partial charge >= 0.3 is 5.97 Å². The molecule has 0 amide bonds. The van der Waals surface area contributed by atoms with Crippen molar-refractivity contribution < 1.29 is 9.53 Å². The summed E-state index contributed by atoms with van der Waals surface area (Å²) in [7, 11) is 0. The summed E-state index contributed by atoms with van der Waals surface area (Å²) < 4.78 is 5.11. The van der Waals surface area contributed by atoms with Gasteiger partial charge in [-0.05, 0) is 32.6 Å². The van der Waals surface area contributed by atoms with Crippen LogP contribution < -0.4 is 0 Å². The first-order valence-electron chi connectivity index (χ1n) is 5.42. The van der Waals surface area contributed by atoms with Gasteiger partial charge in [0.2, 0.25) is 0 Å². The van der Waals surface area contributed by atoms with Gasteiger partial charge in [-0.15, -0.1) is 12.3 Å². The molecule has 0 bridgehead atoms. The number of carbonyl (C=O) groups is 1. The first kappa shape index (κ1) is 11.8. The third-order valence-corrected chi connectivity index (χ3v) is 2.92. The molecule has 0 spiro atoms. The Labute approximate surface area is 91.7 Å². The van der Waals surface area contributed by atoms with Gasteiger partial charge < -0.3 is 4.74 Å². The minimum absolute atomic E-state index is 0.149. The molecule has 1 unspecified atom stereocenters. The van der Waals surface area contributed by atoms with Gasteiger partial charge in [0, 0.05) is 6.42 Å². The van der Waals surface area contributed by atoms with Crippen LogP contribution in [-0.4, -0.2) is 12.6 Å². The second kappa shape index (κ2) is 5.02. The number of esters is 1. The molecular weight excluding hydrogens is 188 g/mol. The van der Waals surface area contributed by atoms with E-state index in [1.807, 2.05) is 6.92 Å². The van der Waals surface area contributed by atoms with Crippen LogP contribution in [0.2, 0.25) is 0 Å². The van der Waals surface area contributed by atoms with Crippen molar-refractivity contribution in [3.8, 4) is 12.3 Å². The van der Waals surface area contributed by atoms with E-state index in [1.54, 1.807) is 0 Å². The Morgan fingerprint density at radius 1 is 1.73 bits per heavy atom. The van der Waals surface area contributed by atoms with E-state index in [0.717, 1.165) is 24.8 Å². The minimum atomic E-state index is -0.486. The number of hydrogen-bond acceptors (Lipinski definition) is 2. The Hall–Kier alpha value is -1.23. The number of rotatable bonds is 3. The van der Waals surface area contributed by atoms with E-state index in [9.17, 15) is 4.79 Å². The maximum Gasteiger partial charge on any atom is 0.313 e. The third kappa shape index (κ3) is 2.62. The molecular formula is C13H18O2. The topological polar surface area (TPSA) is 26.3 Å². The zero-order chi connectivity index (χ0) is 11.3. The van der Waals surface area contributed by atoms with Crippen LogP contribution in [-0.2, 0) is 9.53 Å². The Bertz CT molecular complexity index is 298. The van der Waals surface area contributed by atoms with E-state index in [-0.39, 0.29) is 5.97 Å². The molecule has 0 aromatic heterocycles. The molecule has 15 heavy (non-hydrogen) atoms. The third-order valence-electron chi connectivity index (χ3n) is 2.92. The Morgan fingerprint density at radius 2 is 2.47 bits per heavy atom. The van der Waals surface area contributed by atoms with Crippen LogP contribution >= 0.6 is 0 Å². The standard InChI is InChI=1S/C13H18O2/c1-4-8-13(12(14)15-5-2)9-6-7-11(3)10-13/h1H,3,5-10H2,2H3. The molecule has 1 aliphatic rings. The molecule has 0 saturated heterocycles. The number of ether oxygens (including phenoxy) is 1. The molecule has 0 aromatic carbocycles. The number of allylic oxidation sites excluding steroid dienone is 1. The zero-order valence-electron chi connectivity index (χ0n) is 9.34. The summed E-state index contributed by atoms with van der Waals surface area (Å²) >= 11 is 0. The lowest BCUT2D eigenvalue weighted by Crippen LogP contribution is -2.35. The van der Waals surface area contributed by atoms with Crippen molar-refractivity contribution in [2.24, 2.45) is 5.41 Å². The summed E-state index contributed by atoms with van der Waals surface area (Å²) in [6.07, 6.45) is 9.31. The first-order valence-corrected chi connectivity index (χ1v) is 5.42. The Morgan fingerprint density at radius 3 is 3.00 bits per heavy atom. The highest BCUT2D eigenvalue weighted by atomic mass is 16.5. The average Bonchev–Trinajstić information content (AvgIpc) is 2.18. The lowest BCUT2D eigenvalue weighted by Gasteiger charge is -2.34. The van der Waals surface area contributed by atoms with Gasteiger partial charge in [0.15, 0.2) is 0 Å². The van der Waals surface area contributed by atoms with Crippen LogP contribution in [0.1, 0.15) is 39.0 Å². The van der Waals surface area contributed by atoms with E-state index < -0.39 is 5.41 Å². The fourth-order valence-corrected chi connectivity index (χ4v) is 2.21. The van der Waals surface area contributed by atoms with Gasteiger partial charge in [0.1, 0.15) is 0 Å². The molecule has 1 saturated carbocycles. The quantitative estimate of drug-likeness (QED) is 0.403. The molecule has 1 rings (SSSR count). The van der Waals surface area contributed by atoms with Crippen molar-refractivity contribution in [2.75, 3.05) is 6.61 Å². The van der Waals surface area contributed by atoms with E-state index in [0.29, 0.717) is 19.4 Å². The van der Waals surface area contributed by atoms with Crippen LogP contribution in [0.4, 0.5) is 0 Å². The van der Waals surface area contributed by atoms with Crippen molar-refractivity contribution in [1.29, 1.82) is 0 Å². The molecule has 0 N–H and O–H groups in total. The molecule has 1 atom stereocenters. The van der Waals surface area contributed by atoms with E-state index in [1.165, 1.54) is 0 Å². The molecule has 0 aliphatic heterocycles. The second-order valence-electron chi connectivity index (χ2n) is 4.16. The highest BCUT2D eigenvalue weighted by Crippen LogP contribution is 2.42. The van der Waals surface area contributed by atoms with E-state index >= 15 is 0 Å². The van der Waals surface area contributed by atoms with Crippen molar-refractivity contribution in [3.05, 3.63) is 12.2 Å². The summed E-state index contributed by atoms with van der Waals surface area (Å²) in [5.41, 5.74) is 0.629. The average molecular weight is 206 g/mol. The zero-order valence-corrected chi connectivity index (χ0v) is 9.34. The summed E-state index contributed by atoms with van der Waals surface area (Å²) in [5.74, 6) is 2.45. The van der Waals surface area contributed by atoms with Crippen molar-refractivity contribution in [2.45, 2.75) is 39.0 Å². The smallest absolute Gasteiger partial charge is 0.313 e. The van der Waals surface area contributed by atoms with Gasteiger partial charge in [0.25, 0.3) is 0 Å². The SMILES string of the molecule is C#CCC1(C(=O)OCC)CCCC(=C)C1. The lowest BCUT2D eigenvalue weighted by atomic mass is 9.70. The fourth-order valence-electron chi connectivity index (χ4n) is 2.21. The van der Waals surface area contributed by atoms with Gasteiger partial charge in [-0.3, -0.25) is 4.79 Å². The highest BCUT2D eigenvalue weighted by Gasteiger charge is 2.41. The van der Waals surface area contributed by atoms with Crippen LogP contribution in [0, 0.1) is 17.8 Å². The largest absolute Gasteiger partial charge is 0.466 e. The summed E-state index contributed by atoms with van der Waals surface area (Å²) in [6, 6.07) is 0. The monoisotopic (exact) mass is 206 g/mol. The molecule has 82 valence electrons. The van der Waals surface area contributed by atoms with Gasteiger partial charge in [0.05, 0.1) is 12.0 Å².